The van der Waals surface area contributed by atoms with E-state index >= 15 is 0 Å². The highest BCUT2D eigenvalue weighted by Gasteiger charge is 2.18. The number of halogens is 1. The van der Waals surface area contributed by atoms with E-state index in [1.54, 1.807) is 0 Å². The molecule has 1 saturated carbocycles. The number of nitrogens with zero attached hydrogens (tertiary/aromatic N) is 2. The fourth-order valence-corrected chi connectivity index (χ4v) is 3.50. The molecule has 1 aliphatic rings. The van der Waals surface area contributed by atoms with Gasteiger partial charge < -0.3 is 0 Å². The van der Waals surface area contributed by atoms with Crippen LogP contribution in [0, 0.1) is 5.92 Å². The molecular weight excluding hydrogens is 288 g/mol. The first-order valence-electron chi connectivity index (χ1n) is 7.38. The summed E-state index contributed by atoms with van der Waals surface area (Å²) in [5.41, 5.74) is 1.26. The summed E-state index contributed by atoms with van der Waals surface area (Å²) in [4.78, 5) is 0.572. The van der Waals surface area contributed by atoms with Gasteiger partial charge in [0, 0.05) is 11.0 Å². The molecule has 2 nitrogen and oxygen atoms in total. The summed E-state index contributed by atoms with van der Waals surface area (Å²) in [7, 11) is 0. The molecule has 1 aromatic heterocycles. The lowest BCUT2D eigenvalue weighted by atomic mass is 9.96. The van der Waals surface area contributed by atoms with E-state index in [2.05, 4.69) is 46.7 Å². The number of hydrogen-bond donors (Lipinski definition) is 0. The van der Waals surface area contributed by atoms with Crippen molar-refractivity contribution >= 4 is 15.9 Å². The number of rotatable bonds is 5. The van der Waals surface area contributed by atoms with E-state index in [0.29, 0.717) is 16.8 Å². The van der Waals surface area contributed by atoms with Crippen molar-refractivity contribution in [2.45, 2.75) is 69.7 Å². The van der Waals surface area contributed by atoms with E-state index in [9.17, 15) is 0 Å². The van der Waals surface area contributed by atoms with E-state index in [0.717, 1.165) is 6.42 Å². The molecule has 0 bridgehead atoms. The molecule has 0 N–H and O–H groups in total. The van der Waals surface area contributed by atoms with Crippen LogP contribution in [0.4, 0.5) is 0 Å². The third-order valence-electron chi connectivity index (χ3n) is 4.26. The maximum absolute atomic E-state index is 4.80. The SMILES string of the molecule is CCC(Cc1ccn(C2CCCCC2)n1)C(C)Br. The maximum Gasteiger partial charge on any atom is 0.0627 e. The van der Waals surface area contributed by atoms with Gasteiger partial charge in [0.05, 0.1) is 11.7 Å². The molecule has 2 atom stereocenters. The van der Waals surface area contributed by atoms with Crippen molar-refractivity contribution in [1.82, 2.24) is 9.78 Å². The monoisotopic (exact) mass is 312 g/mol. The van der Waals surface area contributed by atoms with Crippen molar-refractivity contribution < 1.29 is 0 Å². The van der Waals surface area contributed by atoms with Crippen molar-refractivity contribution in [1.29, 1.82) is 0 Å². The molecule has 0 spiro atoms. The van der Waals surface area contributed by atoms with Gasteiger partial charge in [-0.1, -0.05) is 55.5 Å². The summed E-state index contributed by atoms with van der Waals surface area (Å²) in [6.45, 7) is 4.51. The Balaban J connectivity index is 1.96. The van der Waals surface area contributed by atoms with Gasteiger partial charge in [0.2, 0.25) is 0 Å². The van der Waals surface area contributed by atoms with Gasteiger partial charge in [-0.15, -0.1) is 0 Å². The molecule has 2 rings (SSSR count). The van der Waals surface area contributed by atoms with Crippen LogP contribution in [0.25, 0.3) is 0 Å². The standard InChI is InChI=1S/C15H25BrN2/c1-3-13(12(2)16)11-14-9-10-18(17-14)15-7-5-4-6-8-15/h9-10,12-13,15H,3-8,11H2,1-2H3. The topological polar surface area (TPSA) is 17.8 Å². The second-order valence-electron chi connectivity index (χ2n) is 5.63. The summed E-state index contributed by atoms with van der Waals surface area (Å²) >= 11 is 3.71. The number of alkyl halides is 1. The van der Waals surface area contributed by atoms with Crippen LogP contribution in [0.5, 0.6) is 0 Å². The molecule has 2 unspecified atom stereocenters. The van der Waals surface area contributed by atoms with E-state index in [1.807, 2.05) is 0 Å². The Morgan fingerprint density at radius 1 is 1.39 bits per heavy atom. The molecule has 102 valence electrons. The first-order chi connectivity index (χ1) is 8.70. The first-order valence-corrected chi connectivity index (χ1v) is 8.30. The summed E-state index contributed by atoms with van der Waals surface area (Å²) in [6, 6.07) is 2.88. The Kier molecular flexibility index (Phi) is 5.28. The van der Waals surface area contributed by atoms with Crippen LogP contribution in [-0.2, 0) is 6.42 Å². The third kappa shape index (κ3) is 3.59. The van der Waals surface area contributed by atoms with E-state index in [4.69, 9.17) is 5.10 Å². The van der Waals surface area contributed by atoms with E-state index in [-0.39, 0.29) is 0 Å². The van der Waals surface area contributed by atoms with Crippen LogP contribution in [0.1, 0.15) is 64.1 Å². The molecule has 1 aliphatic carbocycles. The van der Waals surface area contributed by atoms with Crippen LogP contribution < -0.4 is 0 Å². The first kappa shape index (κ1) is 14.1. The molecule has 18 heavy (non-hydrogen) atoms. The van der Waals surface area contributed by atoms with Crippen LogP contribution in [0.15, 0.2) is 12.3 Å². The van der Waals surface area contributed by atoms with Gasteiger partial charge >= 0.3 is 0 Å². The smallest absolute Gasteiger partial charge is 0.0627 e. The lowest BCUT2D eigenvalue weighted by Crippen LogP contribution is -2.15. The quantitative estimate of drug-likeness (QED) is 0.718. The molecule has 0 aliphatic heterocycles. The highest BCUT2D eigenvalue weighted by molar-refractivity contribution is 9.09. The predicted molar refractivity (Wildman–Crippen MR) is 80.2 cm³/mol. The van der Waals surface area contributed by atoms with E-state index < -0.39 is 0 Å². The predicted octanol–water partition coefficient (Wildman–Crippen LogP) is 4.74. The molecular formula is C15H25BrN2. The van der Waals surface area contributed by atoms with Crippen molar-refractivity contribution in [3.63, 3.8) is 0 Å². The second-order valence-corrected chi connectivity index (χ2v) is 7.07. The highest BCUT2D eigenvalue weighted by Crippen LogP contribution is 2.28. The molecule has 0 amide bonds. The lowest BCUT2D eigenvalue weighted by Gasteiger charge is -2.22. The summed E-state index contributed by atoms with van der Waals surface area (Å²) < 4.78 is 2.22. The summed E-state index contributed by atoms with van der Waals surface area (Å²) in [5.74, 6) is 0.694. The summed E-state index contributed by atoms with van der Waals surface area (Å²) in [6.07, 6.45) is 11.3. The van der Waals surface area contributed by atoms with Crippen LogP contribution >= 0.6 is 15.9 Å². The fourth-order valence-electron chi connectivity index (χ4n) is 2.94. The molecule has 3 heteroatoms. The highest BCUT2D eigenvalue weighted by atomic mass is 79.9. The van der Waals surface area contributed by atoms with Gasteiger partial charge in [-0.25, -0.2) is 0 Å². The zero-order chi connectivity index (χ0) is 13.0. The van der Waals surface area contributed by atoms with Crippen molar-refractivity contribution in [2.75, 3.05) is 0 Å². The van der Waals surface area contributed by atoms with Crippen molar-refractivity contribution in [3.05, 3.63) is 18.0 Å². The van der Waals surface area contributed by atoms with E-state index in [1.165, 1.54) is 44.2 Å². The van der Waals surface area contributed by atoms with Crippen molar-refractivity contribution in [3.8, 4) is 0 Å². The Labute approximate surface area is 119 Å². The zero-order valence-corrected chi connectivity index (χ0v) is 13.2. The Morgan fingerprint density at radius 3 is 2.72 bits per heavy atom. The lowest BCUT2D eigenvalue weighted by molar-refractivity contribution is 0.327. The van der Waals surface area contributed by atoms with Crippen LogP contribution in [0.2, 0.25) is 0 Å². The average Bonchev–Trinajstić information content (AvgIpc) is 2.85. The largest absolute Gasteiger partial charge is 0.269 e. The average molecular weight is 313 g/mol. The van der Waals surface area contributed by atoms with Gasteiger partial charge in [0.1, 0.15) is 0 Å². The molecule has 1 heterocycles. The Morgan fingerprint density at radius 2 is 2.11 bits per heavy atom. The second kappa shape index (κ2) is 6.74. The minimum absolute atomic E-state index is 0.572. The molecule has 0 aromatic carbocycles. The van der Waals surface area contributed by atoms with Crippen LogP contribution in [-0.4, -0.2) is 14.6 Å². The minimum atomic E-state index is 0.572. The van der Waals surface area contributed by atoms with Crippen LogP contribution in [0.3, 0.4) is 0 Å². The van der Waals surface area contributed by atoms with Gasteiger partial charge in [0.25, 0.3) is 0 Å². The molecule has 0 radical (unpaired) electrons. The van der Waals surface area contributed by atoms with Gasteiger partial charge in [-0.2, -0.15) is 5.10 Å². The minimum Gasteiger partial charge on any atom is -0.269 e. The van der Waals surface area contributed by atoms with Gasteiger partial charge in [-0.05, 0) is 31.2 Å². The summed E-state index contributed by atoms with van der Waals surface area (Å²) in [5, 5.41) is 4.80. The Bertz CT molecular complexity index is 353. The number of aromatic nitrogens is 2. The fraction of sp³-hybridized carbons (Fsp3) is 0.800. The van der Waals surface area contributed by atoms with Crippen molar-refractivity contribution in [2.24, 2.45) is 5.92 Å². The maximum atomic E-state index is 4.80. The molecule has 1 aromatic rings. The van der Waals surface area contributed by atoms with Gasteiger partial charge in [0.15, 0.2) is 0 Å². The van der Waals surface area contributed by atoms with Gasteiger partial charge in [-0.3, -0.25) is 4.68 Å². The zero-order valence-electron chi connectivity index (χ0n) is 11.6. The number of hydrogen-bond acceptors (Lipinski definition) is 1. The molecule has 0 saturated heterocycles. The Hall–Kier alpha value is -0.310. The normalized spacial score (nSPS) is 20.8. The third-order valence-corrected chi connectivity index (χ3v) is 5.01. The molecule has 1 fully saturated rings.